The van der Waals surface area contributed by atoms with Gasteiger partial charge in [0, 0.05) is 43.6 Å². The van der Waals surface area contributed by atoms with Crippen molar-refractivity contribution >= 4 is 65.4 Å². The Labute approximate surface area is 316 Å². The standard InChI is InChI=1S/C50H29N5/c51-30-32-26-27-46-41(28-32)39-17-3-7-22-44(39)55(46)50-34(31-52)13-10-19-36(50)33-12-9-14-35(29-33)53-45-23-8-4-18-40(45)49-47(53)24-11-25-48(49)54-42-20-5-1-15-37(42)38-16-2-6-21-43(38)54/h1-29H. The third kappa shape index (κ3) is 4.39. The van der Waals surface area contributed by atoms with E-state index in [2.05, 4.69) is 159 Å². The summed E-state index contributed by atoms with van der Waals surface area (Å²) in [5.41, 5.74) is 12.6. The van der Waals surface area contributed by atoms with E-state index in [1.54, 1.807) is 0 Å². The van der Waals surface area contributed by atoms with E-state index in [4.69, 9.17) is 0 Å². The van der Waals surface area contributed by atoms with Gasteiger partial charge < -0.3 is 13.7 Å². The molecule has 0 aliphatic rings. The van der Waals surface area contributed by atoms with Crippen molar-refractivity contribution in [3.63, 3.8) is 0 Å². The first-order valence-electron chi connectivity index (χ1n) is 18.3. The lowest BCUT2D eigenvalue weighted by molar-refractivity contribution is 1.16. The summed E-state index contributed by atoms with van der Waals surface area (Å²) < 4.78 is 6.96. The van der Waals surface area contributed by atoms with Crippen LogP contribution in [-0.2, 0) is 0 Å². The van der Waals surface area contributed by atoms with Gasteiger partial charge in [-0.2, -0.15) is 10.5 Å². The molecule has 0 bridgehead atoms. The molecule has 0 N–H and O–H groups in total. The highest BCUT2D eigenvalue weighted by Crippen LogP contribution is 2.42. The molecule has 5 heteroatoms. The van der Waals surface area contributed by atoms with Crippen molar-refractivity contribution in [3.8, 4) is 40.3 Å². The van der Waals surface area contributed by atoms with E-state index in [0.717, 1.165) is 61.0 Å². The minimum absolute atomic E-state index is 0.572. The number of hydrogen-bond acceptors (Lipinski definition) is 2. The van der Waals surface area contributed by atoms with Gasteiger partial charge in [0.25, 0.3) is 0 Å². The summed E-state index contributed by atoms with van der Waals surface area (Å²) in [6, 6.07) is 66.0. The Hall–Kier alpha value is -7.86. The molecule has 11 aromatic rings. The summed E-state index contributed by atoms with van der Waals surface area (Å²) in [5, 5.41) is 27.2. The number of fused-ring (bicyclic) bond motifs is 9. The van der Waals surface area contributed by atoms with Gasteiger partial charge in [0.15, 0.2) is 0 Å². The van der Waals surface area contributed by atoms with Crippen molar-refractivity contribution < 1.29 is 0 Å². The first-order chi connectivity index (χ1) is 27.2. The Balaban J connectivity index is 1.17. The second kappa shape index (κ2) is 11.8. The summed E-state index contributed by atoms with van der Waals surface area (Å²) in [7, 11) is 0. The van der Waals surface area contributed by atoms with Crippen LogP contribution in [0, 0.1) is 22.7 Å². The molecule has 0 aliphatic carbocycles. The number of para-hydroxylation sites is 5. The zero-order valence-corrected chi connectivity index (χ0v) is 29.5. The Bertz CT molecular complexity index is 3420. The zero-order chi connectivity index (χ0) is 36.6. The van der Waals surface area contributed by atoms with Crippen molar-refractivity contribution in [3.05, 3.63) is 187 Å². The molecule has 3 heterocycles. The molecule has 3 aromatic heterocycles. The highest BCUT2D eigenvalue weighted by molar-refractivity contribution is 6.16. The predicted octanol–water partition coefficient (Wildman–Crippen LogP) is 12.4. The fourth-order valence-electron chi connectivity index (χ4n) is 8.85. The third-order valence-corrected chi connectivity index (χ3v) is 11.1. The molecule has 5 nitrogen and oxygen atoms in total. The second-order valence-corrected chi connectivity index (χ2v) is 14.0. The van der Waals surface area contributed by atoms with Crippen LogP contribution >= 0.6 is 0 Å². The lowest BCUT2D eigenvalue weighted by atomic mass is 9.99. The van der Waals surface area contributed by atoms with Gasteiger partial charge in [0.2, 0.25) is 0 Å². The fourth-order valence-corrected chi connectivity index (χ4v) is 8.85. The van der Waals surface area contributed by atoms with Gasteiger partial charge in [-0.25, -0.2) is 0 Å². The van der Waals surface area contributed by atoms with Gasteiger partial charge >= 0.3 is 0 Å². The van der Waals surface area contributed by atoms with Gasteiger partial charge in [-0.1, -0.05) is 103 Å². The van der Waals surface area contributed by atoms with Crippen molar-refractivity contribution in [2.75, 3.05) is 0 Å². The molecule has 11 rings (SSSR count). The average molecular weight is 700 g/mol. The minimum Gasteiger partial charge on any atom is -0.309 e. The molecular formula is C50H29N5. The summed E-state index contributed by atoms with van der Waals surface area (Å²) in [6.07, 6.45) is 0. The monoisotopic (exact) mass is 699 g/mol. The van der Waals surface area contributed by atoms with Crippen molar-refractivity contribution in [2.24, 2.45) is 0 Å². The number of hydrogen-bond donors (Lipinski definition) is 0. The first-order valence-corrected chi connectivity index (χ1v) is 18.3. The lowest BCUT2D eigenvalue weighted by Crippen LogP contribution is -2.01. The molecule has 0 atom stereocenters. The first kappa shape index (κ1) is 30.7. The largest absolute Gasteiger partial charge is 0.309 e. The molecule has 0 radical (unpaired) electrons. The fraction of sp³-hybridized carbons (Fsp3) is 0. The smallest absolute Gasteiger partial charge is 0.101 e. The van der Waals surface area contributed by atoms with Crippen LogP contribution in [0.15, 0.2) is 176 Å². The van der Waals surface area contributed by atoms with Crippen LogP contribution in [0.25, 0.3) is 93.6 Å². The zero-order valence-electron chi connectivity index (χ0n) is 29.5. The van der Waals surface area contributed by atoms with Gasteiger partial charge in [-0.15, -0.1) is 0 Å². The number of rotatable bonds is 4. The Morgan fingerprint density at radius 2 is 0.945 bits per heavy atom. The molecule has 0 fully saturated rings. The van der Waals surface area contributed by atoms with Gasteiger partial charge in [0.1, 0.15) is 6.07 Å². The molecule has 0 saturated heterocycles. The quantitative estimate of drug-likeness (QED) is 0.184. The van der Waals surface area contributed by atoms with Gasteiger partial charge in [-0.05, 0) is 78.4 Å². The molecule has 0 unspecified atom stereocenters. The maximum atomic E-state index is 10.6. The van der Waals surface area contributed by atoms with E-state index in [0.29, 0.717) is 11.1 Å². The number of nitrogens with zero attached hydrogens (tertiary/aromatic N) is 5. The number of benzene rings is 8. The highest BCUT2D eigenvalue weighted by atomic mass is 15.0. The molecule has 0 amide bonds. The lowest BCUT2D eigenvalue weighted by Gasteiger charge is -2.17. The molecular weight excluding hydrogens is 671 g/mol. The normalized spacial score (nSPS) is 11.6. The Morgan fingerprint density at radius 3 is 1.64 bits per heavy atom. The van der Waals surface area contributed by atoms with E-state index >= 15 is 0 Å². The topological polar surface area (TPSA) is 62.4 Å². The summed E-state index contributed by atoms with van der Waals surface area (Å²) in [6.45, 7) is 0. The van der Waals surface area contributed by atoms with E-state index < -0.39 is 0 Å². The molecule has 0 aliphatic heterocycles. The van der Waals surface area contributed by atoms with E-state index in [1.165, 1.54) is 32.6 Å². The Morgan fingerprint density at radius 1 is 0.382 bits per heavy atom. The third-order valence-electron chi connectivity index (χ3n) is 11.1. The summed E-state index contributed by atoms with van der Waals surface area (Å²) in [5.74, 6) is 0. The van der Waals surface area contributed by atoms with Crippen LogP contribution in [-0.4, -0.2) is 13.7 Å². The Kier molecular flexibility index (Phi) is 6.61. The SMILES string of the molecule is N#Cc1ccc2c(c1)c1ccccc1n2-c1c(C#N)cccc1-c1cccc(-n2c3ccccc3c3c(-n4c5ccccc5c5ccccc54)cccc32)c1. The van der Waals surface area contributed by atoms with Crippen molar-refractivity contribution in [1.82, 2.24) is 13.7 Å². The van der Waals surface area contributed by atoms with E-state index in [9.17, 15) is 10.5 Å². The molecule has 0 spiro atoms. The number of aromatic nitrogens is 3. The second-order valence-electron chi connectivity index (χ2n) is 14.0. The van der Waals surface area contributed by atoms with E-state index in [1.807, 2.05) is 42.5 Å². The van der Waals surface area contributed by atoms with Crippen LogP contribution < -0.4 is 0 Å². The predicted molar refractivity (Wildman–Crippen MR) is 224 cm³/mol. The van der Waals surface area contributed by atoms with Gasteiger partial charge in [0.05, 0.1) is 61.7 Å². The van der Waals surface area contributed by atoms with Crippen LogP contribution in [0.5, 0.6) is 0 Å². The van der Waals surface area contributed by atoms with Gasteiger partial charge in [-0.3, -0.25) is 0 Å². The highest BCUT2D eigenvalue weighted by Gasteiger charge is 2.22. The maximum Gasteiger partial charge on any atom is 0.101 e. The summed E-state index contributed by atoms with van der Waals surface area (Å²) in [4.78, 5) is 0. The minimum atomic E-state index is 0.572. The molecule has 55 heavy (non-hydrogen) atoms. The molecule has 8 aromatic carbocycles. The number of nitriles is 2. The van der Waals surface area contributed by atoms with Crippen molar-refractivity contribution in [1.29, 1.82) is 10.5 Å². The van der Waals surface area contributed by atoms with Crippen LogP contribution in [0.3, 0.4) is 0 Å². The van der Waals surface area contributed by atoms with Crippen LogP contribution in [0.1, 0.15) is 11.1 Å². The summed E-state index contributed by atoms with van der Waals surface area (Å²) >= 11 is 0. The average Bonchev–Trinajstić information content (AvgIpc) is 3.89. The van der Waals surface area contributed by atoms with Crippen LogP contribution in [0.2, 0.25) is 0 Å². The van der Waals surface area contributed by atoms with E-state index in [-0.39, 0.29) is 0 Å². The molecule has 254 valence electrons. The van der Waals surface area contributed by atoms with Crippen LogP contribution in [0.4, 0.5) is 0 Å². The maximum absolute atomic E-state index is 10.6. The molecule has 0 saturated carbocycles. The van der Waals surface area contributed by atoms with Crippen molar-refractivity contribution in [2.45, 2.75) is 0 Å².